The highest BCUT2D eigenvalue weighted by atomic mass is 16.5. The van der Waals surface area contributed by atoms with Crippen molar-refractivity contribution in [3.05, 3.63) is 65.9 Å². The fourth-order valence-electron chi connectivity index (χ4n) is 3.29. The molecule has 4 N–H and O–H groups in total. The fraction of sp³-hybridized carbons (Fsp3) is 0.273. The van der Waals surface area contributed by atoms with E-state index in [0.29, 0.717) is 17.2 Å². The van der Waals surface area contributed by atoms with Crippen LogP contribution in [0.15, 0.2) is 59.1 Å². The molecule has 4 rings (SSSR count). The average Bonchev–Trinajstić information content (AvgIpc) is 3.59. The van der Waals surface area contributed by atoms with Crippen molar-refractivity contribution in [2.75, 3.05) is 5.32 Å². The van der Waals surface area contributed by atoms with Gasteiger partial charge >= 0.3 is 0 Å². The molecule has 10 nitrogen and oxygen atoms in total. The van der Waals surface area contributed by atoms with E-state index in [2.05, 4.69) is 31.3 Å². The van der Waals surface area contributed by atoms with Gasteiger partial charge in [-0.3, -0.25) is 14.7 Å². The zero-order chi connectivity index (χ0) is 22.5. The largest absolute Gasteiger partial charge is 0.459 e. The topological polar surface area (TPSA) is 134 Å². The number of nitrogens with one attached hydrogen (secondary N) is 4. The lowest BCUT2D eigenvalue weighted by Crippen LogP contribution is -2.33. The molecule has 3 heterocycles. The normalized spacial score (nSPS) is 15.1. The van der Waals surface area contributed by atoms with Gasteiger partial charge in [0, 0.05) is 29.4 Å². The molecular formula is C22H24N6O4. The molecule has 166 valence electrons. The number of anilines is 1. The average molecular weight is 436 g/mol. The summed E-state index contributed by atoms with van der Waals surface area (Å²) >= 11 is 0. The molecule has 0 radical (unpaired) electrons. The number of amides is 2. The predicted octanol–water partition coefficient (Wildman–Crippen LogP) is 3.08. The van der Waals surface area contributed by atoms with Crippen LogP contribution in [0.2, 0.25) is 0 Å². The van der Waals surface area contributed by atoms with Crippen molar-refractivity contribution in [1.29, 1.82) is 0 Å². The monoisotopic (exact) mass is 436 g/mol. The zero-order valence-electron chi connectivity index (χ0n) is 17.7. The quantitative estimate of drug-likeness (QED) is 0.426. The van der Waals surface area contributed by atoms with Gasteiger partial charge in [-0.2, -0.15) is 5.10 Å². The molecule has 0 bridgehead atoms. The minimum atomic E-state index is -0.537. The van der Waals surface area contributed by atoms with Gasteiger partial charge in [-0.15, -0.1) is 0 Å². The Morgan fingerprint density at radius 3 is 2.75 bits per heavy atom. The number of aromatic nitrogens is 3. The minimum Gasteiger partial charge on any atom is -0.459 e. The number of hydrogen-bond acceptors (Lipinski definition) is 7. The maximum absolute atomic E-state index is 12.4. The highest BCUT2D eigenvalue weighted by Crippen LogP contribution is 2.27. The molecule has 1 atom stereocenters. The van der Waals surface area contributed by atoms with E-state index in [-0.39, 0.29) is 17.7 Å². The van der Waals surface area contributed by atoms with Crippen LogP contribution in [0, 0.1) is 0 Å². The van der Waals surface area contributed by atoms with Crippen molar-refractivity contribution >= 4 is 17.6 Å². The Hall–Kier alpha value is -4.08. The summed E-state index contributed by atoms with van der Waals surface area (Å²) in [6.07, 6.45) is 4.06. The number of hydrogen-bond donors (Lipinski definition) is 4. The van der Waals surface area contributed by atoms with Crippen molar-refractivity contribution < 1.29 is 18.8 Å². The van der Waals surface area contributed by atoms with Gasteiger partial charge in [0.15, 0.2) is 12.0 Å². The van der Waals surface area contributed by atoms with Crippen LogP contribution in [0.5, 0.6) is 0 Å². The maximum Gasteiger partial charge on any atom is 0.293 e. The molecule has 10 heteroatoms. The predicted molar refractivity (Wildman–Crippen MR) is 116 cm³/mol. The number of benzene rings is 1. The maximum atomic E-state index is 12.4. The first-order valence-corrected chi connectivity index (χ1v) is 10.4. The van der Waals surface area contributed by atoms with E-state index in [0.717, 1.165) is 24.0 Å². The molecule has 0 spiro atoms. The van der Waals surface area contributed by atoms with Gasteiger partial charge in [0.25, 0.3) is 11.8 Å². The fourth-order valence-corrected chi connectivity index (χ4v) is 3.29. The molecule has 0 saturated heterocycles. The number of carbonyl (C=O) groups excluding carboxylic acids is 2. The van der Waals surface area contributed by atoms with Crippen LogP contribution in [0.4, 0.5) is 5.82 Å². The molecule has 0 saturated carbocycles. The van der Waals surface area contributed by atoms with Crippen LogP contribution in [0.25, 0.3) is 11.3 Å². The zero-order valence-corrected chi connectivity index (χ0v) is 17.7. The molecule has 0 aliphatic carbocycles. The molecule has 3 aromatic rings. The summed E-state index contributed by atoms with van der Waals surface area (Å²) in [6, 6.07) is 10.9. The lowest BCUT2D eigenvalue weighted by atomic mass is 10.1. The minimum absolute atomic E-state index is 0.128. The second kappa shape index (κ2) is 9.38. The number of H-pyrrole nitrogens is 1. The van der Waals surface area contributed by atoms with Gasteiger partial charge in [0.1, 0.15) is 12.0 Å². The number of ether oxygens (including phenoxy) is 1. The molecule has 1 aliphatic heterocycles. The second-order valence-corrected chi connectivity index (χ2v) is 7.29. The second-order valence-electron chi connectivity index (χ2n) is 7.29. The van der Waals surface area contributed by atoms with Crippen molar-refractivity contribution in [2.24, 2.45) is 0 Å². The third-order valence-electron chi connectivity index (χ3n) is 5.14. The summed E-state index contributed by atoms with van der Waals surface area (Å²) < 4.78 is 10.4. The molecule has 0 fully saturated rings. The third-order valence-corrected chi connectivity index (χ3v) is 5.14. The molecule has 32 heavy (non-hydrogen) atoms. The van der Waals surface area contributed by atoms with E-state index in [1.165, 1.54) is 18.5 Å². The Morgan fingerprint density at radius 1 is 1.16 bits per heavy atom. The first-order chi connectivity index (χ1) is 15.6. The number of rotatable bonds is 8. The Morgan fingerprint density at radius 2 is 2.00 bits per heavy atom. The van der Waals surface area contributed by atoms with Gasteiger partial charge < -0.3 is 25.2 Å². The Balaban J connectivity index is 1.42. The first kappa shape index (κ1) is 21.2. The van der Waals surface area contributed by atoms with Crippen LogP contribution < -0.4 is 16.0 Å². The Labute approximate surface area is 184 Å². The van der Waals surface area contributed by atoms with Crippen LogP contribution in [-0.2, 0) is 9.53 Å². The van der Waals surface area contributed by atoms with Crippen molar-refractivity contribution in [1.82, 2.24) is 26.0 Å². The summed E-state index contributed by atoms with van der Waals surface area (Å²) in [4.78, 5) is 24.7. The van der Waals surface area contributed by atoms with Crippen molar-refractivity contribution in [3.63, 3.8) is 0 Å². The van der Waals surface area contributed by atoms with Gasteiger partial charge in [0.05, 0.1) is 5.69 Å². The number of carbonyl (C=O) groups is 2. The Kier molecular flexibility index (Phi) is 6.20. The first-order valence-electron chi connectivity index (χ1n) is 10.4. The van der Waals surface area contributed by atoms with E-state index in [9.17, 15) is 9.59 Å². The Bertz CT molecular complexity index is 1120. The van der Waals surface area contributed by atoms with Crippen molar-refractivity contribution in [3.8, 4) is 11.3 Å². The van der Waals surface area contributed by atoms with Gasteiger partial charge in [-0.25, -0.2) is 0 Å². The third kappa shape index (κ3) is 4.64. The van der Waals surface area contributed by atoms with Crippen LogP contribution in [0.1, 0.15) is 49.0 Å². The smallest absolute Gasteiger partial charge is 0.293 e. The number of nitrogens with zero attached hydrogens (tertiary/aromatic N) is 2. The van der Waals surface area contributed by atoms with Crippen LogP contribution in [-0.4, -0.2) is 33.2 Å². The lowest BCUT2D eigenvalue weighted by Gasteiger charge is -2.14. The van der Waals surface area contributed by atoms with Gasteiger partial charge in [-0.05, 0) is 25.0 Å². The van der Waals surface area contributed by atoms with Gasteiger partial charge in [-0.1, -0.05) is 37.2 Å². The molecule has 1 aromatic carbocycles. The van der Waals surface area contributed by atoms with E-state index in [1.807, 2.05) is 38.1 Å². The molecule has 1 unspecified atom stereocenters. The van der Waals surface area contributed by atoms with Crippen LogP contribution in [0.3, 0.4) is 0 Å². The van der Waals surface area contributed by atoms with E-state index >= 15 is 0 Å². The van der Waals surface area contributed by atoms with Gasteiger partial charge in [0.2, 0.25) is 5.76 Å². The summed E-state index contributed by atoms with van der Waals surface area (Å²) in [5, 5.41) is 19.3. The molecule has 2 amide bonds. The van der Waals surface area contributed by atoms with Crippen molar-refractivity contribution in [2.45, 2.75) is 39.0 Å². The summed E-state index contributed by atoms with van der Waals surface area (Å²) in [5.41, 5.74) is 2.65. The molecular weight excluding hydrogens is 412 g/mol. The highest BCUT2D eigenvalue weighted by Gasteiger charge is 2.25. The summed E-state index contributed by atoms with van der Waals surface area (Å²) in [5.74, 6) is -0.192. The molecule has 1 aliphatic rings. The van der Waals surface area contributed by atoms with E-state index in [1.54, 1.807) is 6.07 Å². The lowest BCUT2D eigenvalue weighted by molar-refractivity contribution is -0.116. The standard InChI is InChI=1S/C22H24N6O4/c1-3-15(4-2)24-20(29)17-11-16(26-27-17)13-6-5-7-14(10-13)22-23-12-18(32-22)21(30)25-19-8-9-31-28-19/h5-12,15,22-23H,3-4H2,1-2H3,(H,24,29)(H,26,27)(H,25,28,30). The summed E-state index contributed by atoms with van der Waals surface area (Å²) in [7, 11) is 0. The molecule has 2 aromatic heterocycles. The van der Waals surface area contributed by atoms with Crippen LogP contribution >= 0.6 is 0 Å². The SMILES string of the molecule is CCC(CC)NC(=O)c1cc(-c2cccc(C3NC=C(C(=O)Nc4ccon4)O3)c2)n[nH]1. The van der Waals surface area contributed by atoms with E-state index < -0.39 is 12.1 Å². The highest BCUT2D eigenvalue weighted by molar-refractivity contribution is 6.01. The summed E-state index contributed by atoms with van der Waals surface area (Å²) in [6.45, 7) is 4.07. The number of aromatic amines is 1. The van der Waals surface area contributed by atoms with E-state index in [4.69, 9.17) is 9.26 Å².